The summed E-state index contributed by atoms with van der Waals surface area (Å²) in [6.07, 6.45) is 14.3. The van der Waals surface area contributed by atoms with Crippen LogP contribution in [0.3, 0.4) is 0 Å². The molecule has 4 fully saturated rings. The second-order valence-corrected chi connectivity index (χ2v) is 12.2. The minimum atomic E-state index is 0.120. The highest BCUT2D eigenvalue weighted by Crippen LogP contribution is 2.35. The second-order valence-electron chi connectivity index (χ2n) is 12.2. The summed E-state index contributed by atoms with van der Waals surface area (Å²) in [5.74, 6) is 3.50. The Balaban J connectivity index is 1.34. The number of piperazine rings is 1. The molecular weight excluding hydrogens is 408 g/mol. The molecule has 3 unspecified atom stereocenters. The molecule has 0 radical (unpaired) electrons. The van der Waals surface area contributed by atoms with E-state index in [0.717, 1.165) is 69.6 Å². The average Bonchev–Trinajstić information content (AvgIpc) is 2.84. The van der Waals surface area contributed by atoms with Crippen molar-refractivity contribution >= 4 is 5.91 Å². The van der Waals surface area contributed by atoms with Crippen LogP contribution in [-0.2, 0) is 4.79 Å². The maximum Gasteiger partial charge on any atom is 0.239 e. The van der Waals surface area contributed by atoms with E-state index in [1.54, 1.807) is 0 Å². The van der Waals surface area contributed by atoms with E-state index in [2.05, 4.69) is 40.9 Å². The molecule has 2 aliphatic heterocycles. The number of nitrogens with one attached hydrogen (secondary N) is 1. The molecule has 1 N–H and O–H groups in total. The fraction of sp³-hybridized carbons (Fsp3) is 0.964. The van der Waals surface area contributed by atoms with Crippen molar-refractivity contribution in [2.24, 2.45) is 23.7 Å². The molecule has 0 spiro atoms. The number of carbonyl (C=O) groups is 1. The van der Waals surface area contributed by atoms with Crippen LogP contribution >= 0.6 is 0 Å². The third-order valence-corrected chi connectivity index (χ3v) is 9.44. The van der Waals surface area contributed by atoms with Crippen LogP contribution in [-0.4, -0.2) is 85.6 Å². The summed E-state index contributed by atoms with van der Waals surface area (Å²) in [5.41, 5.74) is 0. The van der Waals surface area contributed by atoms with E-state index in [4.69, 9.17) is 0 Å². The van der Waals surface area contributed by atoms with Crippen LogP contribution in [0.2, 0.25) is 0 Å². The summed E-state index contributed by atoms with van der Waals surface area (Å²) in [7, 11) is 2.10. The van der Waals surface area contributed by atoms with E-state index in [1.807, 2.05) is 0 Å². The first-order valence-corrected chi connectivity index (χ1v) is 14.4. The van der Waals surface area contributed by atoms with Gasteiger partial charge in [-0.2, -0.15) is 0 Å². The first-order valence-electron chi connectivity index (χ1n) is 14.4. The number of rotatable bonds is 7. The van der Waals surface area contributed by atoms with Crippen LogP contribution in [0.4, 0.5) is 0 Å². The van der Waals surface area contributed by atoms with E-state index < -0.39 is 0 Å². The molecule has 0 aromatic heterocycles. The van der Waals surface area contributed by atoms with Crippen molar-refractivity contribution in [3.8, 4) is 0 Å². The number of amides is 1. The topological polar surface area (TPSA) is 38.8 Å². The fourth-order valence-corrected chi connectivity index (χ4v) is 7.72. The molecule has 0 aromatic rings. The number of carbonyl (C=O) groups excluding carboxylic acids is 1. The Bertz CT molecular complexity index is 583. The first-order chi connectivity index (χ1) is 16.0. The van der Waals surface area contributed by atoms with Crippen molar-refractivity contribution < 1.29 is 4.79 Å². The first kappa shape index (κ1) is 25.4. The Morgan fingerprint density at radius 3 is 2.18 bits per heavy atom. The zero-order valence-electron chi connectivity index (χ0n) is 21.9. The molecule has 2 heterocycles. The Labute approximate surface area is 204 Å². The molecule has 190 valence electrons. The van der Waals surface area contributed by atoms with Crippen molar-refractivity contribution in [1.82, 2.24) is 20.0 Å². The van der Waals surface area contributed by atoms with Crippen LogP contribution < -0.4 is 5.32 Å². The van der Waals surface area contributed by atoms with Crippen LogP contribution in [0.1, 0.15) is 84.5 Å². The Hall–Kier alpha value is -0.650. The Morgan fingerprint density at radius 1 is 0.909 bits per heavy atom. The van der Waals surface area contributed by atoms with Gasteiger partial charge in [0.25, 0.3) is 0 Å². The number of hydrogen-bond acceptors (Lipinski definition) is 4. The van der Waals surface area contributed by atoms with Gasteiger partial charge in [0, 0.05) is 45.8 Å². The minimum Gasteiger partial charge on any atom is -0.344 e. The van der Waals surface area contributed by atoms with Crippen molar-refractivity contribution in [3.05, 3.63) is 0 Å². The highest BCUT2D eigenvalue weighted by atomic mass is 16.2. The van der Waals surface area contributed by atoms with Crippen molar-refractivity contribution in [2.45, 2.75) is 96.6 Å². The Kier molecular flexibility index (Phi) is 9.52. The van der Waals surface area contributed by atoms with Gasteiger partial charge in [-0.25, -0.2) is 0 Å². The number of piperidine rings is 1. The number of nitrogens with zero attached hydrogens (tertiary/aromatic N) is 3. The van der Waals surface area contributed by atoms with Crippen molar-refractivity contribution in [2.75, 3.05) is 52.9 Å². The van der Waals surface area contributed by atoms with Crippen molar-refractivity contribution in [1.29, 1.82) is 0 Å². The number of likely N-dealkylation sites (N-methyl/N-ethyl adjacent to an activating group) is 1. The molecule has 5 heteroatoms. The van der Waals surface area contributed by atoms with Crippen LogP contribution in [0.5, 0.6) is 0 Å². The normalized spacial score (nSPS) is 32.5. The number of hydrogen-bond donors (Lipinski definition) is 1. The minimum absolute atomic E-state index is 0.120. The maximum absolute atomic E-state index is 13.9. The summed E-state index contributed by atoms with van der Waals surface area (Å²) < 4.78 is 0. The molecular formula is C28H52N4O. The van der Waals surface area contributed by atoms with Gasteiger partial charge in [0.05, 0.1) is 6.04 Å². The van der Waals surface area contributed by atoms with Crippen LogP contribution in [0.25, 0.3) is 0 Å². The molecule has 0 bridgehead atoms. The monoisotopic (exact) mass is 460 g/mol. The summed E-state index contributed by atoms with van der Waals surface area (Å²) in [6.45, 7) is 12.5. The summed E-state index contributed by atoms with van der Waals surface area (Å²) in [4.78, 5) is 21.3. The van der Waals surface area contributed by atoms with E-state index in [1.165, 1.54) is 70.6 Å². The molecule has 4 rings (SSSR count). The molecule has 5 nitrogen and oxygen atoms in total. The molecule has 0 aromatic carbocycles. The van der Waals surface area contributed by atoms with Gasteiger partial charge in [-0.05, 0) is 88.1 Å². The zero-order chi connectivity index (χ0) is 23.2. The predicted octanol–water partition coefficient (Wildman–Crippen LogP) is 4.23. The lowest BCUT2D eigenvalue weighted by Gasteiger charge is -2.46. The largest absolute Gasteiger partial charge is 0.344 e. The van der Waals surface area contributed by atoms with Gasteiger partial charge in [0.15, 0.2) is 0 Å². The third kappa shape index (κ3) is 6.95. The van der Waals surface area contributed by atoms with Gasteiger partial charge in [-0.3, -0.25) is 14.6 Å². The Morgan fingerprint density at radius 2 is 1.55 bits per heavy atom. The summed E-state index contributed by atoms with van der Waals surface area (Å²) in [5, 5.41) is 3.50. The predicted molar refractivity (Wildman–Crippen MR) is 137 cm³/mol. The van der Waals surface area contributed by atoms with Gasteiger partial charge >= 0.3 is 0 Å². The van der Waals surface area contributed by atoms with Gasteiger partial charge in [0.1, 0.15) is 0 Å². The van der Waals surface area contributed by atoms with Gasteiger partial charge in [-0.1, -0.05) is 33.1 Å². The van der Waals surface area contributed by atoms with Crippen molar-refractivity contribution in [3.63, 3.8) is 0 Å². The van der Waals surface area contributed by atoms with Crippen LogP contribution in [0, 0.1) is 23.7 Å². The van der Waals surface area contributed by atoms with Gasteiger partial charge in [-0.15, -0.1) is 0 Å². The SMILES string of the molecule is CC1CC(C)CC(CCN(C)C(=O)C(C2CCCCC2)N2CCN(C3CCNCC3)CC2)C1. The highest BCUT2D eigenvalue weighted by molar-refractivity contribution is 5.82. The van der Waals surface area contributed by atoms with E-state index in [9.17, 15) is 4.79 Å². The molecule has 3 atom stereocenters. The summed E-state index contributed by atoms with van der Waals surface area (Å²) >= 11 is 0. The lowest BCUT2D eigenvalue weighted by atomic mass is 9.75. The fourth-order valence-electron chi connectivity index (χ4n) is 7.72. The lowest BCUT2D eigenvalue weighted by Crippen LogP contribution is -2.59. The molecule has 33 heavy (non-hydrogen) atoms. The standard InChI is InChI=1S/C28H52N4O/c1-22-19-23(2)21-24(20-22)11-14-30(3)28(33)27(25-7-5-4-6-8-25)32-17-15-31(16-18-32)26-9-12-29-13-10-26/h22-27,29H,4-21H2,1-3H3. The highest BCUT2D eigenvalue weighted by Gasteiger charge is 2.38. The molecule has 4 aliphatic rings. The maximum atomic E-state index is 13.9. The average molecular weight is 461 g/mol. The molecule has 2 saturated carbocycles. The quantitative estimate of drug-likeness (QED) is 0.617. The van der Waals surface area contributed by atoms with E-state index in [-0.39, 0.29) is 6.04 Å². The smallest absolute Gasteiger partial charge is 0.239 e. The third-order valence-electron chi connectivity index (χ3n) is 9.44. The van der Waals surface area contributed by atoms with Gasteiger partial charge < -0.3 is 10.2 Å². The van der Waals surface area contributed by atoms with Gasteiger partial charge in [0.2, 0.25) is 5.91 Å². The second kappa shape index (κ2) is 12.4. The van der Waals surface area contributed by atoms with E-state index in [0.29, 0.717) is 11.8 Å². The lowest BCUT2D eigenvalue weighted by molar-refractivity contribution is -0.139. The van der Waals surface area contributed by atoms with Crippen LogP contribution in [0.15, 0.2) is 0 Å². The summed E-state index contributed by atoms with van der Waals surface area (Å²) in [6, 6.07) is 0.870. The van der Waals surface area contributed by atoms with E-state index >= 15 is 0 Å². The molecule has 2 aliphatic carbocycles. The molecule has 2 saturated heterocycles. The zero-order valence-corrected chi connectivity index (χ0v) is 21.9. The molecule has 1 amide bonds.